The third-order valence-electron chi connectivity index (χ3n) is 6.37. The molecule has 4 rings (SSSR count). The Balaban J connectivity index is 1.80. The van der Waals surface area contributed by atoms with Crippen molar-refractivity contribution in [3.8, 4) is 0 Å². The third-order valence-corrected chi connectivity index (χ3v) is 8.77. The third kappa shape index (κ3) is 8.62. The molecule has 0 spiro atoms. The number of anilines is 2. The zero-order valence-electron chi connectivity index (χ0n) is 24.8. The number of esters is 4. The van der Waals surface area contributed by atoms with E-state index in [-0.39, 0.29) is 23.0 Å². The number of nitrogens with one attached hydrogen (secondary N) is 1. The molecule has 0 amide bonds. The highest BCUT2D eigenvalue weighted by Crippen LogP contribution is 2.47. The Morgan fingerprint density at radius 1 is 0.800 bits per heavy atom. The van der Waals surface area contributed by atoms with Gasteiger partial charge in [0.15, 0.2) is 24.5 Å². The van der Waals surface area contributed by atoms with Gasteiger partial charge in [-0.05, 0) is 12.1 Å². The van der Waals surface area contributed by atoms with E-state index in [1.165, 1.54) is 18.7 Å². The number of hydrogen-bond donors (Lipinski definition) is 2. The highest BCUT2D eigenvalue weighted by atomic mass is 32.2. The molecule has 3 N–H and O–H groups in total. The van der Waals surface area contributed by atoms with E-state index in [0.717, 1.165) is 37.0 Å². The van der Waals surface area contributed by atoms with Crippen LogP contribution in [0.25, 0.3) is 0 Å². The maximum Gasteiger partial charge on any atom is 0.303 e. The van der Waals surface area contributed by atoms with Crippen LogP contribution in [0.2, 0.25) is 0 Å². The first-order valence-corrected chi connectivity index (χ1v) is 15.4. The Hall–Kier alpha value is -4.40. The van der Waals surface area contributed by atoms with Gasteiger partial charge in [0.25, 0.3) is 0 Å². The van der Waals surface area contributed by atoms with E-state index >= 15 is 0 Å². The molecule has 2 heterocycles. The summed E-state index contributed by atoms with van der Waals surface area (Å²) in [7, 11) is 0. The molecule has 3 aromatic rings. The van der Waals surface area contributed by atoms with E-state index in [2.05, 4.69) is 5.32 Å². The largest absolute Gasteiger partial charge is 0.463 e. The van der Waals surface area contributed by atoms with Gasteiger partial charge in [-0.1, -0.05) is 60.3 Å². The van der Waals surface area contributed by atoms with Crippen LogP contribution in [-0.4, -0.2) is 66.9 Å². The lowest BCUT2D eigenvalue weighted by Gasteiger charge is -2.44. The van der Waals surface area contributed by atoms with E-state index in [0.29, 0.717) is 15.5 Å². The van der Waals surface area contributed by atoms with Gasteiger partial charge in [0.05, 0.1) is 10.6 Å². The maximum atomic E-state index is 13.5. The second kappa shape index (κ2) is 15.1. The molecule has 2 aromatic carbocycles. The molecule has 1 saturated heterocycles. The van der Waals surface area contributed by atoms with Gasteiger partial charge < -0.3 is 34.7 Å². The number of thiophene rings is 1. The lowest BCUT2D eigenvalue weighted by Crippen LogP contribution is -2.64. The molecule has 1 aliphatic heterocycles. The molecule has 0 bridgehead atoms. The number of benzene rings is 2. The summed E-state index contributed by atoms with van der Waals surface area (Å²) in [6.07, 6.45) is -6.43. The zero-order valence-corrected chi connectivity index (χ0v) is 26.5. The first kappa shape index (κ1) is 33.5. The van der Waals surface area contributed by atoms with Crippen molar-refractivity contribution in [3.63, 3.8) is 0 Å². The lowest BCUT2D eigenvalue weighted by molar-refractivity contribution is -0.247. The highest BCUT2D eigenvalue weighted by molar-refractivity contribution is 7.99. The molecule has 5 atom stereocenters. The van der Waals surface area contributed by atoms with Gasteiger partial charge in [-0.3, -0.25) is 24.0 Å². The van der Waals surface area contributed by atoms with Crippen molar-refractivity contribution < 1.29 is 47.7 Å². The van der Waals surface area contributed by atoms with Crippen molar-refractivity contribution in [1.82, 2.24) is 0 Å². The average molecular weight is 657 g/mol. The van der Waals surface area contributed by atoms with E-state index in [4.69, 9.17) is 29.4 Å². The summed E-state index contributed by atoms with van der Waals surface area (Å²) in [5, 5.41) is 3.57. The van der Waals surface area contributed by atoms with Crippen LogP contribution in [0.3, 0.4) is 0 Å². The Kier molecular flexibility index (Phi) is 11.2. The highest BCUT2D eigenvalue weighted by Gasteiger charge is 2.52. The number of nitrogen functional groups attached to an aromatic ring is 1. The molecule has 0 saturated carbocycles. The Labute approximate surface area is 267 Å². The maximum absolute atomic E-state index is 13.5. The number of ketones is 1. The molecule has 0 aliphatic carbocycles. The topological polar surface area (TPSA) is 170 Å². The predicted molar refractivity (Wildman–Crippen MR) is 165 cm³/mol. The van der Waals surface area contributed by atoms with Gasteiger partial charge in [0.2, 0.25) is 5.78 Å². The van der Waals surface area contributed by atoms with E-state index in [1.807, 2.05) is 30.3 Å². The minimum Gasteiger partial charge on any atom is -0.463 e. The van der Waals surface area contributed by atoms with E-state index in [9.17, 15) is 24.0 Å². The van der Waals surface area contributed by atoms with Crippen LogP contribution < -0.4 is 11.1 Å². The Morgan fingerprint density at radius 2 is 1.36 bits per heavy atom. The van der Waals surface area contributed by atoms with Crippen molar-refractivity contribution >= 4 is 63.4 Å². The first-order valence-electron chi connectivity index (χ1n) is 13.8. The second-order valence-electron chi connectivity index (χ2n) is 9.88. The van der Waals surface area contributed by atoms with E-state index < -0.39 is 54.5 Å². The standard InChI is InChI=1S/C31H32N2O10S2/c1-16(34)39-15-22-25(40-17(2)35)26(41-18(3)36)27(42-19(4)37)30(43-22)33-31-29(44-21-13-9-6-10-14-21)23(32)28(45-31)24(38)20-11-7-5-8-12-20/h5-14,22,25-27,30,33H,15,32H2,1-4H3/t22-,25-,26+,27-,30-/m1/s1. The summed E-state index contributed by atoms with van der Waals surface area (Å²) in [4.78, 5) is 63.4. The summed E-state index contributed by atoms with van der Waals surface area (Å²) in [6.45, 7) is 4.25. The average Bonchev–Trinajstić information content (AvgIpc) is 3.29. The lowest BCUT2D eigenvalue weighted by atomic mass is 9.97. The first-order chi connectivity index (χ1) is 21.4. The van der Waals surface area contributed by atoms with Gasteiger partial charge in [-0.2, -0.15) is 0 Å². The van der Waals surface area contributed by atoms with Crippen LogP contribution in [0.1, 0.15) is 42.9 Å². The van der Waals surface area contributed by atoms with Crippen molar-refractivity contribution in [3.05, 3.63) is 71.1 Å². The molecule has 1 fully saturated rings. The number of nitrogens with two attached hydrogens (primary N) is 1. The Bertz CT molecular complexity index is 1550. The molecular weight excluding hydrogens is 624 g/mol. The van der Waals surface area contributed by atoms with Crippen LogP contribution in [0.4, 0.5) is 10.7 Å². The minimum atomic E-state index is -1.37. The fourth-order valence-electron chi connectivity index (χ4n) is 4.59. The van der Waals surface area contributed by atoms with Gasteiger partial charge in [0.1, 0.15) is 22.6 Å². The molecule has 14 heteroatoms. The molecule has 1 aliphatic rings. The van der Waals surface area contributed by atoms with Gasteiger partial charge in [0, 0.05) is 38.2 Å². The predicted octanol–water partition coefficient (Wildman–Crippen LogP) is 4.21. The number of ether oxygens (including phenoxy) is 5. The molecule has 45 heavy (non-hydrogen) atoms. The summed E-state index contributed by atoms with van der Waals surface area (Å²) in [5.41, 5.74) is 7.26. The van der Waals surface area contributed by atoms with Crippen molar-refractivity contribution in [2.24, 2.45) is 0 Å². The summed E-state index contributed by atoms with van der Waals surface area (Å²) < 4.78 is 28.0. The van der Waals surface area contributed by atoms with Gasteiger partial charge in [-0.15, -0.1) is 11.3 Å². The van der Waals surface area contributed by atoms with Crippen molar-refractivity contribution in [1.29, 1.82) is 0 Å². The smallest absolute Gasteiger partial charge is 0.303 e. The Morgan fingerprint density at radius 3 is 1.93 bits per heavy atom. The van der Waals surface area contributed by atoms with E-state index in [1.54, 1.807) is 30.3 Å². The number of rotatable bonds is 11. The second-order valence-corrected chi connectivity index (χ2v) is 12.0. The summed E-state index contributed by atoms with van der Waals surface area (Å²) >= 11 is 2.36. The molecule has 238 valence electrons. The van der Waals surface area contributed by atoms with Gasteiger partial charge in [-0.25, -0.2) is 0 Å². The van der Waals surface area contributed by atoms with Crippen LogP contribution in [0.5, 0.6) is 0 Å². The fourth-order valence-corrected chi connectivity index (χ4v) is 6.81. The zero-order chi connectivity index (χ0) is 32.7. The van der Waals surface area contributed by atoms with Crippen LogP contribution in [0.15, 0.2) is 70.5 Å². The fraction of sp³-hybridized carbons (Fsp3) is 0.323. The minimum absolute atomic E-state index is 0.218. The molecule has 0 radical (unpaired) electrons. The number of hydrogen-bond acceptors (Lipinski definition) is 14. The quantitative estimate of drug-likeness (QED) is 0.171. The molecule has 12 nitrogen and oxygen atoms in total. The molecule has 0 unspecified atom stereocenters. The molecular formula is C31H32N2O10S2. The van der Waals surface area contributed by atoms with Crippen molar-refractivity contribution in [2.75, 3.05) is 17.7 Å². The number of carbonyl (C=O) groups excluding carboxylic acids is 5. The van der Waals surface area contributed by atoms with Crippen LogP contribution in [0, 0.1) is 0 Å². The summed E-state index contributed by atoms with van der Waals surface area (Å²) in [6, 6.07) is 18.0. The SMILES string of the molecule is CC(=O)OC[C@H]1O[C@@H](Nc2sc(C(=O)c3ccccc3)c(N)c2Sc2ccccc2)[C@H](OC(C)=O)[C@@H](OC(C)=O)[C@@H]1OC(C)=O. The normalized spacial score (nSPS) is 20.8. The molecule has 1 aromatic heterocycles. The van der Waals surface area contributed by atoms with Crippen LogP contribution >= 0.6 is 23.1 Å². The van der Waals surface area contributed by atoms with Gasteiger partial charge >= 0.3 is 23.9 Å². The van der Waals surface area contributed by atoms with Crippen molar-refractivity contribution in [2.45, 2.75) is 68.1 Å². The van der Waals surface area contributed by atoms with Crippen LogP contribution in [-0.2, 0) is 42.9 Å². The number of carbonyl (C=O) groups is 5. The monoisotopic (exact) mass is 656 g/mol. The summed E-state index contributed by atoms with van der Waals surface area (Å²) in [5.74, 6) is -3.16.